The van der Waals surface area contributed by atoms with Crippen LogP contribution in [0.25, 0.3) is 0 Å². The Kier molecular flexibility index (Phi) is 6.51. The first-order chi connectivity index (χ1) is 13.6. The summed E-state index contributed by atoms with van der Waals surface area (Å²) in [6.07, 6.45) is 0. The third-order valence-corrected chi connectivity index (χ3v) is 5.03. The molecule has 1 heterocycles. The molecule has 0 saturated carbocycles. The molecule has 1 aliphatic heterocycles. The van der Waals surface area contributed by atoms with Gasteiger partial charge in [-0.15, -0.1) is 0 Å². The molecule has 1 atom stereocenters. The van der Waals surface area contributed by atoms with Crippen molar-refractivity contribution < 1.29 is 9.53 Å². The number of hydrogen-bond acceptors (Lipinski definition) is 5. The molecule has 0 unspecified atom stereocenters. The van der Waals surface area contributed by atoms with Gasteiger partial charge in [-0.3, -0.25) is 9.69 Å². The molecule has 6 nitrogen and oxygen atoms in total. The first-order valence-electron chi connectivity index (χ1n) is 9.64. The number of carbonyl (C=O) groups is 1. The van der Waals surface area contributed by atoms with Gasteiger partial charge in [0.1, 0.15) is 5.75 Å². The molecule has 2 aromatic rings. The summed E-state index contributed by atoms with van der Waals surface area (Å²) in [6.45, 7) is 7.87. The Labute approximate surface area is 166 Å². The molecule has 0 aliphatic carbocycles. The Morgan fingerprint density at radius 1 is 1.14 bits per heavy atom. The molecular formula is C22H26N4O2. The number of benzene rings is 2. The molecule has 146 valence electrons. The second-order valence-corrected chi connectivity index (χ2v) is 6.78. The van der Waals surface area contributed by atoms with Crippen molar-refractivity contribution in [2.24, 2.45) is 0 Å². The minimum atomic E-state index is -0.222. The number of ether oxygens (including phenoxy) is 1. The number of piperazine rings is 1. The van der Waals surface area contributed by atoms with Crippen LogP contribution in [0.15, 0.2) is 48.5 Å². The highest BCUT2D eigenvalue weighted by Crippen LogP contribution is 2.29. The van der Waals surface area contributed by atoms with Crippen molar-refractivity contribution in [3.05, 3.63) is 54.1 Å². The molecule has 6 heteroatoms. The van der Waals surface area contributed by atoms with E-state index in [4.69, 9.17) is 10.00 Å². The van der Waals surface area contributed by atoms with Crippen molar-refractivity contribution in [3.8, 4) is 11.8 Å². The smallest absolute Gasteiger partial charge is 0.241 e. The van der Waals surface area contributed by atoms with Gasteiger partial charge in [-0.2, -0.15) is 5.26 Å². The lowest BCUT2D eigenvalue weighted by Crippen LogP contribution is -2.52. The van der Waals surface area contributed by atoms with Gasteiger partial charge in [-0.05, 0) is 50.2 Å². The van der Waals surface area contributed by atoms with Crippen LogP contribution < -0.4 is 15.0 Å². The quantitative estimate of drug-likeness (QED) is 0.836. The molecule has 0 aromatic heterocycles. The van der Waals surface area contributed by atoms with Crippen LogP contribution in [-0.4, -0.2) is 49.6 Å². The Morgan fingerprint density at radius 3 is 2.46 bits per heavy atom. The van der Waals surface area contributed by atoms with Crippen LogP contribution in [0, 0.1) is 11.3 Å². The third-order valence-electron chi connectivity index (χ3n) is 5.03. The maximum atomic E-state index is 12.6. The molecule has 1 fully saturated rings. The van der Waals surface area contributed by atoms with E-state index in [1.165, 1.54) is 0 Å². The van der Waals surface area contributed by atoms with E-state index in [1.807, 2.05) is 32.0 Å². The molecule has 0 bridgehead atoms. The number of carbonyl (C=O) groups excluding carboxylic acids is 1. The summed E-state index contributed by atoms with van der Waals surface area (Å²) in [4.78, 5) is 17.1. The van der Waals surface area contributed by atoms with Gasteiger partial charge in [-0.1, -0.05) is 12.1 Å². The standard InChI is InChI=1S/C22H26N4O2/c1-3-28-21-7-5-4-6-20(21)26-14-12-25(13-15-26)17(2)22(27)24-19-10-8-18(16-23)9-11-19/h4-11,17H,3,12-15H2,1-2H3,(H,24,27)/t17-/m0/s1. The highest BCUT2D eigenvalue weighted by Gasteiger charge is 2.26. The average molecular weight is 378 g/mol. The first-order valence-corrected chi connectivity index (χ1v) is 9.64. The van der Waals surface area contributed by atoms with Gasteiger partial charge >= 0.3 is 0 Å². The van der Waals surface area contributed by atoms with Crippen molar-refractivity contribution >= 4 is 17.3 Å². The maximum Gasteiger partial charge on any atom is 0.241 e. The Hall–Kier alpha value is -3.04. The topological polar surface area (TPSA) is 68.6 Å². The molecule has 1 amide bonds. The van der Waals surface area contributed by atoms with Gasteiger partial charge in [0.2, 0.25) is 5.91 Å². The van der Waals surface area contributed by atoms with Gasteiger partial charge in [0.15, 0.2) is 0 Å². The molecule has 3 rings (SSSR count). The maximum absolute atomic E-state index is 12.6. The van der Waals surface area contributed by atoms with Gasteiger partial charge < -0.3 is 15.0 Å². The molecule has 1 saturated heterocycles. The fourth-order valence-corrected chi connectivity index (χ4v) is 3.39. The van der Waals surface area contributed by atoms with E-state index in [9.17, 15) is 4.79 Å². The Morgan fingerprint density at radius 2 is 1.82 bits per heavy atom. The van der Waals surface area contributed by atoms with E-state index in [-0.39, 0.29) is 11.9 Å². The summed E-state index contributed by atoms with van der Waals surface area (Å²) in [7, 11) is 0. The SMILES string of the molecule is CCOc1ccccc1N1CCN([C@@H](C)C(=O)Nc2ccc(C#N)cc2)CC1. The molecular weight excluding hydrogens is 352 g/mol. The normalized spacial score (nSPS) is 15.5. The van der Waals surface area contributed by atoms with E-state index in [0.717, 1.165) is 37.6 Å². The molecule has 0 radical (unpaired) electrons. The Balaban J connectivity index is 1.56. The lowest BCUT2D eigenvalue weighted by molar-refractivity contribution is -0.120. The number of nitriles is 1. The summed E-state index contributed by atoms with van der Waals surface area (Å²) in [6, 6.07) is 16.9. The van der Waals surface area contributed by atoms with Gasteiger partial charge in [0.25, 0.3) is 0 Å². The minimum Gasteiger partial charge on any atom is -0.492 e. The zero-order valence-corrected chi connectivity index (χ0v) is 16.4. The summed E-state index contributed by atoms with van der Waals surface area (Å²) >= 11 is 0. The van der Waals surface area contributed by atoms with Gasteiger partial charge in [-0.25, -0.2) is 0 Å². The molecule has 1 aliphatic rings. The van der Waals surface area contributed by atoms with E-state index in [1.54, 1.807) is 24.3 Å². The van der Waals surface area contributed by atoms with Crippen LogP contribution in [0.3, 0.4) is 0 Å². The zero-order chi connectivity index (χ0) is 19.9. The van der Waals surface area contributed by atoms with Crippen molar-refractivity contribution in [3.63, 3.8) is 0 Å². The van der Waals surface area contributed by atoms with Crippen molar-refractivity contribution in [1.29, 1.82) is 5.26 Å². The summed E-state index contributed by atoms with van der Waals surface area (Å²) in [5, 5.41) is 11.8. The second-order valence-electron chi connectivity index (χ2n) is 6.78. The predicted octanol–water partition coefficient (Wildman–Crippen LogP) is 3.11. The fraction of sp³-hybridized carbons (Fsp3) is 0.364. The second kappa shape index (κ2) is 9.25. The summed E-state index contributed by atoms with van der Waals surface area (Å²) in [5.41, 5.74) is 2.40. The van der Waals surface area contributed by atoms with Crippen molar-refractivity contribution in [2.45, 2.75) is 19.9 Å². The van der Waals surface area contributed by atoms with E-state index < -0.39 is 0 Å². The zero-order valence-electron chi connectivity index (χ0n) is 16.4. The number of nitrogens with zero attached hydrogens (tertiary/aromatic N) is 3. The summed E-state index contributed by atoms with van der Waals surface area (Å²) in [5.74, 6) is 0.873. The number of rotatable bonds is 6. The highest BCUT2D eigenvalue weighted by molar-refractivity contribution is 5.94. The number of amides is 1. The number of hydrogen-bond donors (Lipinski definition) is 1. The molecule has 28 heavy (non-hydrogen) atoms. The van der Waals surface area contributed by atoms with E-state index >= 15 is 0 Å². The third kappa shape index (κ3) is 4.62. The molecule has 0 spiro atoms. The monoisotopic (exact) mass is 378 g/mol. The largest absolute Gasteiger partial charge is 0.492 e. The van der Waals surface area contributed by atoms with Crippen LogP contribution >= 0.6 is 0 Å². The first kappa shape index (κ1) is 19.7. The lowest BCUT2D eigenvalue weighted by Gasteiger charge is -2.39. The predicted molar refractivity (Wildman–Crippen MR) is 111 cm³/mol. The van der Waals surface area contributed by atoms with Gasteiger partial charge in [0, 0.05) is 31.9 Å². The highest BCUT2D eigenvalue weighted by atomic mass is 16.5. The lowest BCUT2D eigenvalue weighted by atomic mass is 10.1. The Bertz CT molecular complexity index is 836. The number of para-hydroxylation sites is 2. The van der Waals surface area contributed by atoms with Crippen LogP contribution in [0.2, 0.25) is 0 Å². The molecule has 2 aromatic carbocycles. The average Bonchev–Trinajstić information content (AvgIpc) is 2.74. The number of anilines is 2. The van der Waals surface area contributed by atoms with Crippen molar-refractivity contribution in [2.75, 3.05) is 43.0 Å². The minimum absolute atomic E-state index is 0.0344. The van der Waals surface area contributed by atoms with E-state index in [2.05, 4.69) is 27.3 Å². The number of nitrogens with one attached hydrogen (secondary N) is 1. The van der Waals surface area contributed by atoms with Crippen molar-refractivity contribution in [1.82, 2.24) is 4.90 Å². The summed E-state index contributed by atoms with van der Waals surface area (Å²) < 4.78 is 5.75. The van der Waals surface area contributed by atoms with Crippen LogP contribution in [0.5, 0.6) is 5.75 Å². The van der Waals surface area contributed by atoms with Crippen LogP contribution in [0.1, 0.15) is 19.4 Å². The van der Waals surface area contributed by atoms with Crippen LogP contribution in [-0.2, 0) is 4.79 Å². The van der Waals surface area contributed by atoms with E-state index in [0.29, 0.717) is 17.9 Å². The van der Waals surface area contributed by atoms with Gasteiger partial charge in [0.05, 0.1) is 30.0 Å². The van der Waals surface area contributed by atoms with Crippen LogP contribution in [0.4, 0.5) is 11.4 Å². The molecule has 1 N–H and O–H groups in total. The fourth-order valence-electron chi connectivity index (χ4n) is 3.39.